The van der Waals surface area contributed by atoms with Gasteiger partial charge in [-0.2, -0.15) is 15.0 Å². The zero-order valence-corrected chi connectivity index (χ0v) is 16.4. The van der Waals surface area contributed by atoms with Gasteiger partial charge in [-0.05, 0) is 29.8 Å². The standard InChI is InChI=1S/C20H24N6O2/c1-13(2)17-23-19(25-20(24-17)26(3)4)21-12-14-7-5-8-15(11-14)22-18(27)16-9-6-10-28-16/h5-11,13H,12H2,1-4H3,(H,22,27)(H,21,23,24,25). The van der Waals surface area contributed by atoms with Crippen LogP contribution < -0.4 is 15.5 Å². The summed E-state index contributed by atoms with van der Waals surface area (Å²) in [5.41, 5.74) is 1.67. The van der Waals surface area contributed by atoms with Gasteiger partial charge < -0.3 is 20.0 Å². The highest BCUT2D eigenvalue weighted by molar-refractivity contribution is 6.02. The molecule has 1 amide bonds. The van der Waals surface area contributed by atoms with Crippen molar-refractivity contribution in [2.75, 3.05) is 29.6 Å². The Morgan fingerprint density at radius 2 is 1.96 bits per heavy atom. The largest absolute Gasteiger partial charge is 0.459 e. The molecule has 0 atom stereocenters. The van der Waals surface area contributed by atoms with E-state index in [1.54, 1.807) is 12.1 Å². The van der Waals surface area contributed by atoms with Crippen molar-refractivity contribution in [1.29, 1.82) is 0 Å². The van der Waals surface area contributed by atoms with Crippen LogP contribution in [0, 0.1) is 0 Å². The molecule has 0 bridgehead atoms. The first-order valence-electron chi connectivity index (χ1n) is 9.03. The number of nitrogens with zero attached hydrogens (tertiary/aromatic N) is 4. The van der Waals surface area contributed by atoms with Crippen LogP contribution in [-0.2, 0) is 6.54 Å². The number of anilines is 3. The first kappa shape index (κ1) is 19.3. The fraction of sp³-hybridized carbons (Fsp3) is 0.300. The number of amides is 1. The Hall–Kier alpha value is -3.42. The maximum Gasteiger partial charge on any atom is 0.291 e. The van der Waals surface area contributed by atoms with Crippen LogP contribution in [0.15, 0.2) is 47.1 Å². The Balaban J connectivity index is 1.70. The maximum atomic E-state index is 12.1. The van der Waals surface area contributed by atoms with Crippen LogP contribution in [0.4, 0.5) is 17.6 Å². The summed E-state index contributed by atoms with van der Waals surface area (Å²) in [4.78, 5) is 27.4. The Morgan fingerprint density at radius 1 is 1.14 bits per heavy atom. The number of hydrogen-bond donors (Lipinski definition) is 2. The maximum absolute atomic E-state index is 12.1. The minimum Gasteiger partial charge on any atom is -0.459 e. The van der Waals surface area contributed by atoms with Crippen molar-refractivity contribution in [2.24, 2.45) is 0 Å². The van der Waals surface area contributed by atoms with E-state index >= 15 is 0 Å². The molecule has 0 aliphatic heterocycles. The Bertz CT molecular complexity index is 911. The van der Waals surface area contributed by atoms with E-state index in [0.717, 1.165) is 11.4 Å². The minimum atomic E-state index is -0.287. The average molecular weight is 380 g/mol. The number of carbonyl (C=O) groups is 1. The van der Waals surface area contributed by atoms with E-state index in [-0.39, 0.29) is 17.6 Å². The Morgan fingerprint density at radius 3 is 2.64 bits per heavy atom. The SMILES string of the molecule is CC(C)c1nc(NCc2cccc(NC(=O)c3ccco3)c2)nc(N(C)C)n1. The minimum absolute atomic E-state index is 0.197. The van der Waals surface area contributed by atoms with Crippen molar-refractivity contribution in [1.82, 2.24) is 15.0 Å². The van der Waals surface area contributed by atoms with E-state index in [2.05, 4.69) is 25.6 Å². The van der Waals surface area contributed by atoms with Gasteiger partial charge in [0.25, 0.3) is 5.91 Å². The van der Waals surface area contributed by atoms with Gasteiger partial charge in [0, 0.05) is 32.2 Å². The first-order valence-corrected chi connectivity index (χ1v) is 9.03. The molecule has 0 fully saturated rings. The van der Waals surface area contributed by atoms with Gasteiger partial charge in [-0.15, -0.1) is 0 Å². The second kappa shape index (κ2) is 8.51. The van der Waals surface area contributed by atoms with Crippen LogP contribution in [0.2, 0.25) is 0 Å². The second-order valence-electron chi connectivity index (χ2n) is 6.85. The number of aromatic nitrogens is 3. The van der Waals surface area contributed by atoms with Crippen molar-refractivity contribution in [3.8, 4) is 0 Å². The van der Waals surface area contributed by atoms with Crippen LogP contribution in [0.1, 0.15) is 41.7 Å². The molecule has 0 unspecified atom stereocenters. The van der Waals surface area contributed by atoms with E-state index in [4.69, 9.17) is 4.42 Å². The molecule has 146 valence electrons. The lowest BCUT2D eigenvalue weighted by Gasteiger charge is -2.15. The van der Waals surface area contributed by atoms with Gasteiger partial charge in [0.1, 0.15) is 5.82 Å². The normalized spacial score (nSPS) is 10.8. The molecule has 28 heavy (non-hydrogen) atoms. The topological polar surface area (TPSA) is 96.2 Å². The van der Waals surface area contributed by atoms with Gasteiger partial charge in [-0.1, -0.05) is 26.0 Å². The molecule has 0 aliphatic carbocycles. The molecule has 0 aliphatic rings. The molecule has 0 radical (unpaired) electrons. The molecule has 8 nitrogen and oxygen atoms in total. The molecule has 2 N–H and O–H groups in total. The third-order valence-electron chi connectivity index (χ3n) is 3.94. The molecule has 0 saturated heterocycles. The lowest BCUT2D eigenvalue weighted by Crippen LogP contribution is -2.17. The Labute approximate surface area is 164 Å². The number of rotatable bonds is 7. The molecule has 2 aromatic heterocycles. The summed E-state index contributed by atoms with van der Waals surface area (Å²) in [7, 11) is 3.79. The fourth-order valence-electron chi connectivity index (χ4n) is 2.46. The smallest absolute Gasteiger partial charge is 0.291 e. The van der Waals surface area contributed by atoms with E-state index < -0.39 is 0 Å². The van der Waals surface area contributed by atoms with Crippen molar-refractivity contribution in [3.05, 3.63) is 59.8 Å². The second-order valence-corrected chi connectivity index (χ2v) is 6.85. The zero-order valence-electron chi connectivity index (χ0n) is 16.4. The van der Waals surface area contributed by atoms with Gasteiger partial charge in [-0.25, -0.2) is 0 Å². The van der Waals surface area contributed by atoms with Crippen molar-refractivity contribution in [3.63, 3.8) is 0 Å². The Kier molecular flexibility index (Phi) is 5.88. The molecule has 3 aromatic rings. The highest BCUT2D eigenvalue weighted by atomic mass is 16.3. The lowest BCUT2D eigenvalue weighted by atomic mass is 10.2. The van der Waals surface area contributed by atoms with Crippen LogP contribution in [-0.4, -0.2) is 35.0 Å². The van der Waals surface area contributed by atoms with Crippen LogP contribution in [0.5, 0.6) is 0 Å². The summed E-state index contributed by atoms with van der Waals surface area (Å²) in [6, 6.07) is 10.9. The average Bonchev–Trinajstić information content (AvgIpc) is 3.21. The van der Waals surface area contributed by atoms with Crippen molar-refractivity contribution >= 4 is 23.5 Å². The van der Waals surface area contributed by atoms with Crippen molar-refractivity contribution in [2.45, 2.75) is 26.3 Å². The summed E-state index contributed by atoms with van der Waals surface area (Å²) in [6.07, 6.45) is 1.47. The van der Waals surface area contributed by atoms with Gasteiger partial charge in [-0.3, -0.25) is 4.79 Å². The third-order valence-corrected chi connectivity index (χ3v) is 3.94. The van der Waals surface area contributed by atoms with E-state index in [1.165, 1.54) is 6.26 Å². The lowest BCUT2D eigenvalue weighted by molar-refractivity contribution is 0.0996. The van der Waals surface area contributed by atoms with E-state index in [0.29, 0.717) is 24.1 Å². The van der Waals surface area contributed by atoms with Crippen molar-refractivity contribution < 1.29 is 9.21 Å². The van der Waals surface area contributed by atoms with E-state index in [1.807, 2.05) is 57.1 Å². The van der Waals surface area contributed by atoms with Gasteiger partial charge in [0.05, 0.1) is 6.26 Å². The molecule has 2 heterocycles. The van der Waals surface area contributed by atoms with Crippen LogP contribution in [0.25, 0.3) is 0 Å². The van der Waals surface area contributed by atoms with Crippen LogP contribution >= 0.6 is 0 Å². The number of carbonyl (C=O) groups excluding carboxylic acids is 1. The van der Waals surface area contributed by atoms with Crippen LogP contribution in [0.3, 0.4) is 0 Å². The van der Waals surface area contributed by atoms with Gasteiger partial charge in [0.2, 0.25) is 11.9 Å². The monoisotopic (exact) mass is 380 g/mol. The molecule has 8 heteroatoms. The predicted molar refractivity (Wildman–Crippen MR) is 109 cm³/mol. The fourth-order valence-corrected chi connectivity index (χ4v) is 2.46. The number of benzene rings is 1. The van der Waals surface area contributed by atoms with Gasteiger partial charge in [0.15, 0.2) is 5.76 Å². The number of furan rings is 1. The molecule has 0 spiro atoms. The number of hydrogen-bond acceptors (Lipinski definition) is 7. The quantitative estimate of drug-likeness (QED) is 0.647. The first-order chi connectivity index (χ1) is 13.4. The zero-order chi connectivity index (χ0) is 20.1. The summed E-state index contributed by atoms with van der Waals surface area (Å²) in [5, 5.41) is 6.06. The van der Waals surface area contributed by atoms with E-state index in [9.17, 15) is 4.79 Å². The highest BCUT2D eigenvalue weighted by Gasteiger charge is 2.12. The summed E-state index contributed by atoms with van der Waals surface area (Å²) in [6.45, 7) is 4.60. The molecule has 3 rings (SSSR count). The summed E-state index contributed by atoms with van der Waals surface area (Å²) in [5.74, 6) is 2.05. The summed E-state index contributed by atoms with van der Waals surface area (Å²) >= 11 is 0. The number of nitrogens with one attached hydrogen (secondary N) is 2. The third kappa shape index (κ3) is 4.85. The molecular weight excluding hydrogens is 356 g/mol. The molecule has 1 aromatic carbocycles. The predicted octanol–water partition coefficient (Wildman–Crippen LogP) is 3.52. The van der Waals surface area contributed by atoms with Gasteiger partial charge >= 0.3 is 0 Å². The molecular formula is C20H24N6O2. The molecule has 0 saturated carbocycles. The highest BCUT2D eigenvalue weighted by Crippen LogP contribution is 2.17. The summed E-state index contributed by atoms with van der Waals surface area (Å²) < 4.78 is 5.11.